The predicted molar refractivity (Wildman–Crippen MR) is 91.7 cm³/mol. The first kappa shape index (κ1) is 16.2. The van der Waals surface area contributed by atoms with Gasteiger partial charge in [-0.3, -0.25) is 0 Å². The summed E-state index contributed by atoms with van der Waals surface area (Å²) in [5.74, 6) is 0.329. The summed E-state index contributed by atoms with van der Waals surface area (Å²) in [5.41, 5.74) is 5.23. The topological polar surface area (TPSA) is 55.7 Å². The summed E-state index contributed by atoms with van der Waals surface area (Å²) in [6, 6.07) is 11.8. The van der Waals surface area contributed by atoms with Gasteiger partial charge < -0.3 is 20.4 Å². The molecule has 0 aliphatic carbocycles. The van der Waals surface area contributed by atoms with E-state index in [-0.39, 0.29) is 6.61 Å². The second-order valence-corrected chi connectivity index (χ2v) is 5.61. The van der Waals surface area contributed by atoms with E-state index >= 15 is 0 Å². The number of aliphatic hydroxyl groups is 1. The Kier molecular flexibility index (Phi) is 5.28. The molecule has 0 saturated heterocycles. The molecule has 0 radical (unpaired) electrons. The smallest absolute Gasteiger partial charge is 0.120 e. The summed E-state index contributed by atoms with van der Waals surface area (Å²) in [5, 5.41) is 22.3. The average molecular weight is 300 g/mol. The van der Waals surface area contributed by atoms with Crippen molar-refractivity contribution < 1.29 is 10.2 Å². The molecule has 4 nitrogen and oxygen atoms in total. The highest BCUT2D eigenvalue weighted by Crippen LogP contribution is 2.23. The fraction of sp³-hybridized carbons (Fsp3) is 0.333. The highest BCUT2D eigenvalue weighted by Gasteiger charge is 2.05. The molecule has 0 aromatic heterocycles. The van der Waals surface area contributed by atoms with Crippen LogP contribution in [0.5, 0.6) is 5.75 Å². The molecule has 0 bridgehead atoms. The van der Waals surface area contributed by atoms with Gasteiger partial charge in [-0.15, -0.1) is 0 Å². The van der Waals surface area contributed by atoms with Crippen LogP contribution in [-0.4, -0.2) is 30.4 Å². The van der Waals surface area contributed by atoms with Crippen LogP contribution in [0.3, 0.4) is 0 Å². The Morgan fingerprint density at radius 3 is 2.32 bits per heavy atom. The van der Waals surface area contributed by atoms with Crippen LogP contribution in [0.25, 0.3) is 0 Å². The zero-order chi connectivity index (χ0) is 16.1. The minimum Gasteiger partial charge on any atom is -0.508 e. The number of rotatable bonds is 6. The van der Waals surface area contributed by atoms with E-state index in [1.165, 1.54) is 5.56 Å². The average Bonchev–Trinajstić information content (AvgIpc) is 2.50. The monoisotopic (exact) mass is 300 g/mol. The number of nitrogens with zero attached hydrogens (tertiary/aromatic N) is 1. The van der Waals surface area contributed by atoms with Gasteiger partial charge in [-0.1, -0.05) is 6.07 Å². The highest BCUT2D eigenvalue weighted by atomic mass is 16.3. The third kappa shape index (κ3) is 3.92. The van der Waals surface area contributed by atoms with E-state index in [2.05, 4.69) is 5.32 Å². The fourth-order valence-corrected chi connectivity index (χ4v) is 2.31. The lowest BCUT2D eigenvalue weighted by atomic mass is 10.0. The fourth-order valence-electron chi connectivity index (χ4n) is 2.31. The summed E-state index contributed by atoms with van der Waals surface area (Å²) in [6.45, 7) is 5.38. The molecular formula is C18H24N2O2. The maximum Gasteiger partial charge on any atom is 0.120 e. The van der Waals surface area contributed by atoms with Crippen molar-refractivity contribution in [3.63, 3.8) is 0 Å². The van der Waals surface area contributed by atoms with E-state index < -0.39 is 0 Å². The van der Waals surface area contributed by atoms with Crippen LogP contribution in [0.2, 0.25) is 0 Å². The van der Waals surface area contributed by atoms with E-state index in [0.29, 0.717) is 18.8 Å². The molecule has 2 aromatic carbocycles. The van der Waals surface area contributed by atoms with Gasteiger partial charge in [0.25, 0.3) is 0 Å². The van der Waals surface area contributed by atoms with E-state index in [1.807, 2.05) is 56.1 Å². The van der Waals surface area contributed by atoms with Crippen molar-refractivity contribution in [2.75, 3.05) is 30.4 Å². The largest absolute Gasteiger partial charge is 0.508 e. The molecular weight excluding hydrogens is 276 g/mol. The molecule has 0 saturated carbocycles. The van der Waals surface area contributed by atoms with Crippen molar-refractivity contribution in [3.05, 3.63) is 53.1 Å². The number of aryl methyl sites for hydroxylation is 2. The maximum atomic E-state index is 10.00. The minimum absolute atomic E-state index is 0.141. The van der Waals surface area contributed by atoms with Gasteiger partial charge in [0.15, 0.2) is 0 Å². The zero-order valence-electron chi connectivity index (χ0n) is 13.4. The van der Waals surface area contributed by atoms with E-state index in [1.54, 1.807) is 6.07 Å². The maximum absolute atomic E-state index is 10.00. The van der Waals surface area contributed by atoms with Crippen LogP contribution in [0.4, 0.5) is 11.4 Å². The summed E-state index contributed by atoms with van der Waals surface area (Å²) in [6.07, 6.45) is 0. The van der Waals surface area contributed by atoms with Crippen LogP contribution in [0.15, 0.2) is 36.4 Å². The number of likely N-dealkylation sites (N-methyl/N-ethyl adjacent to an activating group) is 1. The first-order chi connectivity index (χ1) is 10.5. The van der Waals surface area contributed by atoms with Crippen molar-refractivity contribution in [2.24, 2.45) is 0 Å². The Hall–Kier alpha value is -2.20. The van der Waals surface area contributed by atoms with Crippen molar-refractivity contribution in [1.29, 1.82) is 0 Å². The van der Waals surface area contributed by atoms with Gasteiger partial charge in [0, 0.05) is 37.1 Å². The minimum atomic E-state index is 0.141. The quantitative estimate of drug-likeness (QED) is 0.767. The number of hydrogen-bond donors (Lipinski definition) is 3. The van der Waals surface area contributed by atoms with Crippen molar-refractivity contribution in [3.8, 4) is 5.75 Å². The lowest BCUT2D eigenvalue weighted by Crippen LogP contribution is -2.20. The molecule has 2 rings (SSSR count). The third-order valence-corrected chi connectivity index (χ3v) is 3.92. The van der Waals surface area contributed by atoms with Crippen molar-refractivity contribution >= 4 is 11.4 Å². The summed E-state index contributed by atoms with van der Waals surface area (Å²) in [4.78, 5) is 2.00. The van der Waals surface area contributed by atoms with Gasteiger partial charge >= 0.3 is 0 Å². The predicted octanol–water partition coefficient (Wildman–Crippen LogP) is 3.05. The second-order valence-electron chi connectivity index (χ2n) is 5.61. The number of benzene rings is 2. The standard InChI is InChI=1S/C18H24N2O2/c1-13-10-15(18(22)11-14(13)2)12-19-16-4-6-17(7-5-16)20(3)8-9-21/h4-7,10-11,19,21-22H,8-9,12H2,1-3H3. The Morgan fingerprint density at radius 2 is 1.68 bits per heavy atom. The molecule has 22 heavy (non-hydrogen) atoms. The van der Waals surface area contributed by atoms with Gasteiger partial charge in [-0.25, -0.2) is 0 Å². The van der Waals surface area contributed by atoms with Crippen LogP contribution < -0.4 is 10.2 Å². The molecule has 3 N–H and O–H groups in total. The Labute approximate surface area is 132 Å². The lowest BCUT2D eigenvalue weighted by Gasteiger charge is -2.18. The number of aliphatic hydroxyl groups excluding tert-OH is 1. The van der Waals surface area contributed by atoms with E-state index in [4.69, 9.17) is 5.11 Å². The van der Waals surface area contributed by atoms with Crippen molar-refractivity contribution in [2.45, 2.75) is 20.4 Å². The second kappa shape index (κ2) is 7.18. The molecule has 0 spiro atoms. The molecule has 0 atom stereocenters. The summed E-state index contributed by atoms with van der Waals surface area (Å²) >= 11 is 0. The first-order valence-electron chi connectivity index (χ1n) is 7.46. The number of phenolic OH excluding ortho intramolecular Hbond substituents is 1. The van der Waals surface area contributed by atoms with Crippen molar-refractivity contribution in [1.82, 2.24) is 0 Å². The Balaban J connectivity index is 2.01. The number of nitrogens with one attached hydrogen (secondary N) is 1. The third-order valence-electron chi connectivity index (χ3n) is 3.92. The number of phenols is 1. The molecule has 118 valence electrons. The molecule has 0 amide bonds. The molecule has 2 aromatic rings. The lowest BCUT2D eigenvalue weighted by molar-refractivity contribution is 0.304. The molecule has 4 heteroatoms. The van der Waals surface area contributed by atoms with Crippen LogP contribution in [0.1, 0.15) is 16.7 Å². The number of hydrogen-bond acceptors (Lipinski definition) is 4. The number of aromatic hydroxyl groups is 1. The van der Waals surface area contributed by atoms with E-state index in [9.17, 15) is 5.11 Å². The first-order valence-corrected chi connectivity index (χ1v) is 7.46. The van der Waals surface area contributed by atoms with E-state index in [0.717, 1.165) is 22.5 Å². The SMILES string of the molecule is Cc1cc(O)c(CNc2ccc(N(C)CCO)cc2)cc1C. The van der Waals surface area contributed by atoms with Gasteiger partial charge in [0.1, 0.15) is 5.75 Å². The summed E-state index contributed by atoms with van der Waals surface area (Å²) in [7, 11) is 1.95. The van der Waals surface area contributed by atoms with Crippen LogP contribution >= 0.6 is 0 Å². The molecule has 0 aliphatic rings. The van der Waals surface area contributed by atoms with Gasteiger partial charge in [-0.2, -0.15) is 0 Å². The molecule has 0 fully saturated rings. The molecule has 0 unspecified atom stereocenters. The van der Waals surface area contributed by atoms with Crippen LogP contribution in [-0.2, 0) is 6.54 Å². The van der Waals surface area contributed by atoms with Gasteiger partial charge in [0.05, 0.1) is 6.61 Å². The zero-order valence-corrected chi connectivity index (χ0v) is 13.4. The Morgan fingerprint density at radius 1 is 1.05 bits per heavy atom. The van der Waals surface area contributed by atoms with Gasteiger partial charge in [0.2, 0.25) is 0 Å². The normalized spacial score (nSPS) is 10.5. The highest BCUT2D eigenvalue weighted by molar-refractivity contribution is 5.55. The van der Waals surface area contributed by atoms with Crippen LogP contribution in [0, 0.1) is 13.8 Å². The number of anilines is 2. The molecule has 0 heterocycles. The van der Waals surface area contributed by atoms with Gasteiger partial charge in [-0.05, 0) is 55.3 Å². The Bertz CT molecular complexity index is 624. The molecule has 0 aliphatic heterocycles. The summed E-state index contributed by atoms with van der Waals surface area (Å²) < 4.78 is 0.